The number of sulfone groups is 1. The predicted molar refractivity (Wildman–Crippen MR) is 134 cm³/mol. The molecule has 0 spiro atoms. The van der Waals surface area contributed by atoms with Crippen LogP contribution in [0.4, 0.5) is 10.2 Å². The summed E-state index contributed by atoms with van der Waals surface area (Å²) in [5, 5.41) is 12.7. The van der Waals surface area contributed by atoms with Crippen LogP contribution in [0.1, 0.15) is 32.3 Å². The fourth-order valence-electron chi connectivity index (χ4n) is 4.34. The molecule has 182 valence electrons. The van der Waals surface area contributed by atoms with Crippen molar-refractivity contribution in [3.8, 4) is 6.07 Å². The third-order valence-corrected chi connectivity index (χ3v) is 9.28. The molecule has 2 aliphatic rings. The number of anilines is 1. The van der Waals surface area contributed by atoms with Gasteiger partial charge in [0.05, 0.1) is 11.3 Å². The molecule has 2 aromatic heterocycles. The highest BCUT2D eigenvalue weighted by Gasteiger charge is 2.59. The van der Waals surface area contributed by atoms with Crippen molar-refractivity contribution in [2.24, 2.45) is 26.6 Å². The molecule has 1 saturated carbocycles. The molecule has 3 heterocycles. The van der Waals surface area contributed by atoms with E-state index in [1.807, 2.05) is 6.07 Å². The highest BCUT2D eigenvalue weighted by molar-refractivity contribution is 7.93. The Kier molecular flexibility index (Phi) is 5.92. The first-order valence-corrected chi connectivity index (χ1v) is 12.5. The molecule has 1 aliphatic carbocycles. The van der Waals surface area contributed by atoms with Gasteiger partial charge < -0.3 is 11.1 Å². The number of rotatable bonds is 4. The number of halogens is 1. The third-order valence-electron chi connectivity index (χ3n) is 6.50. The molecule has 10 nitrogen and oxygen atoms in total. The molecule has 0 amide bonds. The molecule has 1 aliphatic heterocycles. The summed E-state index contributed by atoms with van der Waals surface area (Å²) in [6.07, 6.45) is 4.41. The molecule has 0 bridgehead atoms. The Bertz CT molecular complexity index is 1470. The van der Waals surface area contributed by atoms with Crippen LogP contribution in [-0.4, -0.2) is 59.0 Å². The second-order valence-electron chi connectivity index (χ2n) is 9.02. The van der Waals surface area contributed by atoms with Crippen molar-refractivity contribution in [2.75, 3.05) is 18.1 Å². The van der Waals surface area contributed by atoms with Gasteiger partial charge in [0.15, 0.2) is 15.7 Å². The van der Waals surface area contributed by atoms with Crippen LogP contribution in [0, 0.1) is 17.2 Å². The lowest BCUT2D eigenvalue weighted by Gasteiger charge is -2.39. The maximum absolute atomic E-state index is 14.7. The summed E-state index contributed by atoms with van der Waals surface area (Å²) in [6.45, 7) is 6.39. The van der Waals surface area contributed by atoms with Gasteiger partial charge in [-0.25, -0.2) is 22.8 Å². The molecule has 0 radical (unpaired) electrons. The molecule has 1 fully saturated rings. The SMILES string of the molecule is C=C(F)C(=NC(=NC)Nc1nccc2cc(C#N)cnc12)[C@]1(C)CS(=O)(=O)[C@@](C)(C2CC2)C(N)=N1. The van der Waals surface area contributed by atoms with Gasteiger partial charge in [-0.2, -0.15) is 5.26 Å². The van der Waals surface area contributed by atoms with Gasteiger partial charge in [0.25, 0.3) is 0 Å². The van der Waals surface area contributed by atoms with Crippen LogP contribution < -0.4 is 11.1 Å². The van der Waals surface area contributed by atoms with E-state index in [2.05, 4.69) is 36.8 Å². The Morgan fingerprint density at radius 1 is 1.37 bits per heavy atom. The van der Waals surface area contributed by atoms with E-state index >= 15 is 0 Å². The standard InChI is InChI=1S/C23H25FN8O2S/c1-13(24)18(22(2)12-35(33,34)23(3,16-5-6-16)20(26)32-22)30-21(27-4)31-19-17-15(7-8-28-19)9-14(10-25)11-29-17/h7-9,11,16H,1,5-6,12H2,2-4H3,(H2,26,32)(H,27,28,31)/t22-,23-/m0/s1. The van der Waals surface area contributed by atoms with Gasteiger partial charge in [-0.1, -0.05) is 6.58 Å². The molecular weight excluding hydrogens is 471 g/mol. The molecule has 0 saturated heterocycles. The maximum atomic E-state index is 14.7. The van der Waals surface area contributed by atoms with Gasteiger partial charge in [-0.15, -0.1) is 0 Å². The summed E-state index contributed by atoms with van der Waals surface area (Å²) in [5.41, 5.74) is 5.10. The lowest BCUT2D eigenvalue weighted by atomic mass is 9.95. The van der Waals surface area contributed by atoms with Crippen molar-refractivity contribution in [3.05, 3.63) is 42.5 Å². The highest BCUT2D eigenvalue weighted by Crippen LogP contribution is 2.48. The van der Waals surface area contributed by atoms with Gasteiger partial charge in [0.2, 0.25) is 5.96 Å². The number of pyridine rings is 2. The summed E-state index contributed by atoms with van der Waals surface area (Å²) in [4.78, 5) is 21.3. The smallest absolute Gasteiger partial charge is 0.223 e. The molecule has 0 aromatic carbocycles. The lowest BCUT2D eigenvalue weighted by Crippen LogP contribution is -2.60. The number of aromatic nitrogens is 2. The van der Waals surface area contributed by atoms with E-state index in [0.29, 0.717) is 16.5 Å². The lowest BCUT2D eigenvalue weighted by molar-refractivity contribution is 0.520. The number of aliphatic imine (C=N–C) groups is 3. The van der Waals surface area contributed by atoms with Crippen LogP contribution in [0.15, 0.2) is 51.9 Å². The van der Waals surface area contributed by atoms with Crippen molar-refractivity contribution in [2.45, 2.75) is 37.0 Å². The van der Waals surface area contributed by atoms with Crippen LogP contribution in [0.2, 0.25) is 0 Å². The van der Waals surface area contributed by atoms with Crippen LogP contribution in [0.25, 0.3) is 10.9 Å². The monoisotopic (exact) mass is 496 g/mol. The van der Waals surface area contributed by atoms with E-state index < -0.39 is 31.7 Å². The fourth-order valence-corrected chi connectivity index (χ4v) is 6.69. The quantitative estimate of drug-likeness (QED) is 0.486. The van der Waals surface area contributed by atoms with E-state index in [-0.39, 0.29) is 29.2 Å². The molecule has 35 heavy (non-hydrogen) atoms. The molecule has 4 rings (SSSR count). The number of guanidine groups is 1. The van der Waals surface area contributed by atoms with Gasteiger partial charge in [0, 0.05) is 24.8 Å². The van der Waals surface area contributed by atoms with E-state index in [1.165, 1.54) is 26.4 Å². The van der Waals surface area contributed by atoms with E-state index in [1.54, 1.807) is 19.1 Å². The zero-order valence-corrected chi connectivity index (χ0v) is 20.4. The van der Waals surface area contributed by atoms with Gasteiger partial charge >= 0.3 is 0 Å². The van der Waals surface area contributed by atoms with E-state index in [9.17, 15) is 12.8 Å². The number of hydrogen-bond acceptors (Lipinski definition) is 8. The minimum Gasteiger partial charge on any atom is -0.386 e. The second-order valence-corrected chi connectivity index (χ2v) is 11.4. The normalized spacial score (nSPS) is 26.7. The average Bonchev–Trinajstić information content (AvgIpc) is 3.64. The van der Waals surface area contributed by atoms with Crippen LogP contribution in [0.3, 0.4) is 0 Å². The number of nitrogens with one attached hydrogen (secondary N) is 1. The first kappa shape index (κ1) is 24.4. The average molecular weight is 497 g/mol. The number of nitriles is 1. The van der Waals surface area contributed by atoms with Crippen molar-refractivity contribution in [3.63, 3.8) is 0 Å². The zero-order chi connectivity index (χ0) is 25.6. The molecular formula is C23H25FN8O2S. The number of amidine groups is 1. The Hall–Kier alpha value is -3.72. The Labute approximate surface area is 202 Å². The van der Waals surface area contributed by atoms with E-state index in [4.69, 9.17) is 11.0 Å². The number of nitrogens with zero attached hydrogens (tertiary/aromatic N) is 6. The van der Waals surface area contributed by atoms with Crippen molar-refractivity contribution < 1.29 is 12.8 Å². The van der Waals surface area contributed by atoms with Gasteiger partial charge in [-0.05, 0) is 44.7 Å². The molecule has 12 heteroatoms. The van der Waals surface area contributed by atoms with Crippen LogP contribution in [0.5, 0.6) is 0 Å². The Balaban J connectivity index is 1.75. The number of hydrogen-bond donors (Lipinski definition) is 2. The summed E-state index contributed by atoms with van der Waals surface area (Å²) in [6, 6.07) is 5.37. The Morgan fingerprint density at radius 2 is 2.09 bits per heavy atom. The van der Waals surface area contributed by atoms with Gasteiger partial charge in [-0.3, -0.25) is 15.0 Å². The predicted octanol–water partition coefficient (Wildman–Crippen LogP) is 2.54. The fraction of sp³-hybridized carbons (Fsp3) is 0.391. The van der Waals surface area contributed by atoms with Crippen molar-refractivity contribution in [1.82, 2.24) is 9.97 Å². The van der Waals surface area contributed by atoms with Crippen LogP contribution >= 0.6 is 0 Å². The van der Waals surface area contributed by atoms with E-state index in [0.717, 1.165) is 12.8 Å². The van der Waals surface area contributed by atoms with Crippen molar-refractivity contribution in [1.29, 1.82) is 5.26 Å². The minimum absolute atomic E-state index is 0.0566. The largest absolute Gasteiger partial charge is 0.386 e. The molecule has 0 unspecified atom stereocenters. The summed E-state index contributed by atoms with van der Waals surface area (Å²) < 4.78 is 40.1. The third kappa shape index (κ3) is 4.16. The summed E-state index contributed by atoms with van der Waals surface area (Å²) >= 11 is 0. The number of fused-ring (bicyclic) bond motifs is 1. The molecule has 3 N–H and O–H groups in total. The first-order valence-electron chi connectivity index (χ1n) is 10.9. The maximum Gasteiger partial charge on any atom is 0.223 e. The molecule has 2 aromatic rings. The second kappa shape index (κ2) is 8.49. The Morgan fingerprint density at radius 3 is 2.66 bits per heavy atom. The minimum atomic E-state index is -3.79. The first-order chi connectivity index (χ1) is 16.4. The topological polar surface area (TPSA) is 159 Å². The summed E-state index contributed by atoms with van der Waals surface area (Å²) in [5.74, 6) is -1.38. The van der Waals surface area contributed by atoms with Gasteiger partial charge in [0.1, 0.15) is 39.2 Å². The highest BCUT2D eigenvalue weighted by atomic mass is 32.2. The zero-order valence-electron chi connectivity index (χ0n) is 19.6. The number of nitrogens with two attached hydrogens (primary N) is 1. The van der Waals surface area contributed by atoms with Crippen LogP contribution in [-0.2, 0) is 9.84 Å². The van der Waals surface area contributed by atoms with Crippen molar-refractivity contribution >= 4 is 44.1 Å². The molecule has 2 atom stereocenters. The summed E-state index contributed by atoms with van der Waals surface area (Å²) in [7, 11) is -2.36.